The lowest BCUT2D eigenvalue weighted by atomic mass is 9.41. The Bertz CT molecular complexity index is 2150. The van der Waals surface area contributed by atoms with Gasteiger partial charge in [-0.2, -0.15) is 0 Å². The van der Waals surface area contributed by atoms with Crippen LogP contribution in [0.3, 0.4) is 0 Å². The van der Waals surface area contributed by atoms with Crippen LogP contribution in [0.5, 0.6) is 0 Å². The summed E-state index contributed by atoms with van der Waals surface area (Å²) < 4.78 is 15.7. The van der Waals surface area contributed by atoms with E-state index in [-0.39, 0.29) is 23.7 Å². The van der Waals surface area contributed by atoms with Crippen molar-refractivity contribution in [3.63, 3.8) is 0 Å². The second kappa shape index (κ2) is 9.26. The molecule has 1 aliphatic heterocycles. The molecule has 2 heterocycles. The molecule has 5 aromatic rings. The maximum Gasteiger partial charge on any atom is 0.494 e. The summed E-state index contributed by atoms with van der Waals surface area (Å²) in [7, 11) is -0.387. The number of aromatic nitrogens is 1. The minimum absolute atomic E-state index is 0.125. The Hall–Kier alpha value is -3.34. The summed E-state index contributed by atoms with van der Waals surface area (Å²) in [6.45, 7) is 11.2. The molecule has 1 spiro atoms. The van der Waals surface area contributed by atoms with E-state index >= 15 is 0 Å². The molecular formula is C44H46BNO2. The first kappa shape index (κ1) is 28.5. The van der Waals surface area contributed by atoms with E-state index in [0.717, 1.165) is 46.9 Å². The van der Waals surface area contributed by atoms with Crippen molar-refractivity contribution in [3.8, 4) is 16.8 Å². The van der Waals surface area contributed by atoms with Crippen LogP contribution >= 0.6 is 0 Å². The molecule has 48 heavy (non-hydrogen) atoms. The first-order chi connectivity index (χ1) is 23.2. The first-order valence-corrected chi connectivity index (χ1v) is 18.8. The van der Waals surface area contributed by atoms with E-state index < -0.39 is 0 Å². The minimum Gasteiger partial charge on any atom is -0.399 e. The van der Waals surface area contributed by atoms with Crippen molar-refractivity contribution in [1.82, 2.24) is 4.57 Å². The molecule has 11 rings (SSSR count). The fourth-order valence-corrected chi connectivity index (χ4v) is 12.7. The van der Waals surface area contributed by atoms with Gasteiger partial charge in [-0.1, -0.05) is 61.5 Å². The number of para-hydroxylation sites is 1. The average molecular weight is 632 g/mol. The molecule has 4 bridgehead atoms. The second-order valence-electron chi connectivity index (χ2n) is 17.7. The number of hydrogen-bond donors (Lipinski definition) is 0. The zero-order valence-corrected chi connectivity index (χ0v) is 29.0. The van der Waals surface area contributed by atoms with Crippen molar-refractivity contribution in [1.29, 1.82) is 0 Å². The first-order valence-electron chi connectivity index (χ1n) is 18.8. The number of benzene rings is 4. The van der Waals surface area contributed by atoms with Crippen molar-refractivity contribution >= 4 is 34.4 Å². The molecule has 0 amide bonds. The summed E-state index contributed by atoms with van der Waals surface area (Å²) in [5.74, 6) is 5.94. The van der Waals surface area contributed by atoms with Crippen LogP contribution in [0.1, 0.15) is 77.8 Å². The molecule has 0 N–H and O–H groups in total. The lowest BCUT2D eigenvalue weighted by molar-refractivity contribution is -0.0734. The number of rotatable bonds is 2. The van der Waals surface area contributed by atoms with Crippen LogP contribution in [0.25, 0.3) is 38.6 Å². The zero-order chi connectivity index (χ0) is 32.3. The normalized spacial score (nSPS) is 34.8. The zero-order valence-electron chi connectivity index (χ0n) is 29.0. The standard InChI is InChI=1S/C44H46BNO2/c1-25-17-28-21-27-18-26-19-32(25)41(33(27)20-26)44(28)37-14-10-9-13-31(37)34-23-36-35-22-29(45-47-42(2,3)43(4,5)48-45)15-16-39(35)46(40(36)24-38(34)44)30-11-7-6-8-12-30/h6-16,22-28,32-33,41H,17-21H2,1-5H3. The van der Waals surface area contributed by atoms with Crippen molar-refractivity contribution in [3.05, 3.63) is 96.1 Å². The van der Waals surface area contributed by atoms with E-state index in [1.165, 1.54) is 70.7 Å². The Morgan fingerprint density at radius 2 is 1.40 bits per heavy atom. The quantitative estimate of drug-likeness (QED) is 0.181. The molecule has 1 aromatic heterocycles. The van der Waals surface area contributed by atoms with Gasteiger partial charge in [0.2, 0.25) is 0 Å². The SMILES string of the molecule is CC1CC2CC3CC4CC1C(C3C4)C21c2ccccc2-c2cc3c4cc(B5OC(C)(C)C(C)(C)O5)ccc4n(-c4ccccc4)c3cc21. The molecule has 4 saturated carbocycles. The van der Waals surface area contributed by atoms with Gasteiger partial charge < -0.3 is 13.9 Å². The van der Waals surface area contributed by atoms with Gasteiger partial charge >= 0.3 is 7.12 Å². The Morgan fingerprint density at radius 1 is 0.667 bits per heavy atom. The predicted molar refractivity (Wildman–Crippen MR) is 196 cm³/mol. The van der Waals surface area contributed by atoms with Crippen LogP contribution in [0.4, 0.5) is 0 Å². The van der Waals surface area contributed by atoms with Gasteiger partial charge in [-0.15, -0.1) is 0 Å². The van der Waals surface area contributed by atoms with Gasteiger partial charge in [0.15, 0.2) is 0 Å². The van der Waals surface area contributed by atoms with Gasteiger partial charge in [0.05, 0.1) is 22.2 Å². The molecule has 0 radical (unpaired) electrons. The molecule has 242 valence electrons. The lowest BCUT2D eigenvalue weighted by Crippen LogP contribution is -2.59. The minimum atomic E-state index is -0.387. The van der Waals surface area contributed by atoms with Crippen molar-refractivity contribution < 1.29 is 9.31 Å². The molecular weight excluding hydrogens is 585 g/mol. The van der Waals surface area contributed by atoms with Gasteiger partial charge in [0, 0.05) is 21.9 Å². The lowest BCUT2D eigenvalue weighted by Gasteiger charge is -2.62. The highest BCUT2D eigenvalue weighted by atomic mass is 16.7. The van der Waals surface area contributed by atoms with Crippen LogP contribution in [0.2, 0.25) is 0 Å². The summed E-state index contributed by atoms with van der Waals surface area (Å²) >= 11 is 0. The number of hydrogen-bond acceptors (Lipinski definition) is 2. The number of fused-ring (bicyclic) bond motifs is 7. The van der Waals surface area contributed by atoms with Crippen LogP contribution < -0.4 is 5.46 Å². The fourth-order valence-electron chi connectivity index (χ4n) is 12.7. The maximum atomic E-state index is 6.57. The van der Waals surface area contributed by atoms with Crippen LogP contribution in [0.15, 0.2) is 84.9 Å². The van der Waals surface area contributed by atoms with Crippen LogP contribution in [-0.4, -0.2) is 22.9 Å². The highest BCUT2D eigenvalue weighted by Crippen LogP contribution is 2.74. The third kappa shape index (κ3) is 3.40. The Kier molecular flexibility index (Phi) is 5.50. The average Bonchev–Trinajstić information content (AvgIpc) is 3.75. The third-order valence-electron chi connectivity index (χ3n) is 15.1. The van der Waals surface area contributed by atoms with Crippen LogP contribution in [-0.2, 0) is 14.7 Å². The Labute approximate surface area is 285 Å². The summed E-state index contributed by atoms with van der Waals surface area (Å²) in [5.41, 5.74) is 10.5. The molecule has 1 saturated heterocycles. The maximum absolute atomic E-state index is 6.57. The van der Waals surface area contributed by atoms with E-state index in [4.69, 9.17) is 9.31 Å². The summed E-state index contributed by atoms with van der Waals surface area (Å²) in [4.78, 5) is 0. The predicted octanol–water partition coefficient (Wildman–Crippen LogP) is 9.69. The molecule has 4 heteroatoms. The molecule has 5 aliphatic carbocycles. The van der Waals surface area contributed by atoms with Gasteiger partial charge in [-0.3, -0.25) is 0 Å². The molecule has 4 aromatic carbocycles. The second-order valence-corrected chi connectivity index (χ2v) is 17.7. The van der Waals surface area contributed by atoms with Crippen molar-refractivity contribution in [2.24, 2.45) is 41.4 Å². The number of nitrogens with zero attached hydrogens (tertiary/aromatic N) is 1. The van der Waals surface area contributed by atoms with Crippen LogP contribution in [0, 0.1) is 41.4 Å². The van der Waals surface area contributed by atoms with E-state index in [9.17, 15) is 0 Å². The summed E-state index contributed by atoms with van der Waals surface area (Å²) in [5, 5.41) is 2.60. The van der Waals surface area contributed by atoms with E-state index in [2.05, 4.69) is 124 Å². The Morgan fingerprint density at radius 3 is 2.21 bits per heavy atom. The van der Waals surface area contributed by atoms with E-state index in [0.29, 0.717) is 0 Å². The topological polar surface area (TPSA) is 23.4 Å². The monoisotopic (exact) mass is 631 g/mol. The molecule has 6 aliphatic rings. The van der Waals surface area contributed by atoms with Crippen molar-refractivity contribution in [2.45, 2.75) is 83.3 Å². The fraction of sp³-hybridized carbons (Fsp3) is 0.455. The molecule has 3 nitrogen and oxygen atoms in total. The van der Waals surface area contributed by atoms with E-state index in [1.807, 2.05) is 0 Å². The smallest absolute Gasteiger partial charge is 0.399 e. The highest BCUT2D eigenvalue weighted by Gasteiger charge is 2.68. The summed E-state index contributed by atoms with van der Waals surface area (Å²) in [6, 6.07) is 32.8. The van der Waals surface area contributed by atoms with E-state index in [1.54, 1.807) is 11.1 Å². The van der Waals surface area contributed by atoms with Gasteiger partial charge in [0.25, 0.3) is 0 Å². The van der Waals surface area contributed by atoms with Gasteiger partial charge in [0.1, 0.15) is 0 Å². The van der Waals surface area contributed by atoms with Gasteiger partial charge in [-0.05, 0) is 159 Å². The summed E-state index contributed by atoms with van der Waals surface area (Å²) in [6.07, 6.45) is 7.22. The molecule has 8 unspecified atom stereocenters. The Balaban J connectivity index is 1.19. The highest BCUT2D eigenvalue weighted by molar-refractivity contribution is 6.62. The largest absolute Gasteiger partial charge is 0.494 e. The van der Waals surface area contributed by atoms with Crippen molar-refractivity contribution in [2.75, 3.05) is 0 Å². The molecule has 5 fully saturated rings. The third-order valence-corrected chi connectivity index (χ3v) is 15.1. The van der Waals surface area contributed by atoms with Gasteiger partial charge in [-0.25, -0.2) is 0 Å². The molecule has 8 atom stereocenters.